The van der Waals surface area contributed by atoms with E-state index in [1.54, 1.807) is 41.9 Å². The number of anilines is 1. The summed E-state index contributed by atoms with van der Waals surface area (Å²) in [5.74, 6) is 1.04. The van der Waals surface area contributed by atoms with E-state index < -0.39 is 5.54 Å². The van der Waals surface area contributed by atoms with Gasteiger partial charge in [0.1, 0.15) is 18.1 Å². The first kappa shape index (κ1) is 25.9. The lowest BCUT2D eigenvalue weighted by Gasteiger charge is -2.31. The molecule has 196 valence electrons. The third kappa shape index (κ3) is 4.57. The predicted octanol–water partition coefficient (Wildman–Crippen LogP) is 6.87. The minimum absolute atomic E-state index is 0.163. The lowest BCUT2D eigenvalue weighted by molar-refractivity contribution is 0.0646. The van der Waals surface area contributed by atoms with Gasteiger partial charge in [-0.05, 0) is 62.7 Å². The van der Waals surface area contributed by atoms with Crippen LogP contribution in [0.4, 0.5) is 5.69 Å². The topological polar surface area (TPSA) is 82.6 Å². The molecule has 0 saturated heterocycles. The Kier molecular flexibility index (Phi) is 6.53. The van der Waals surface area contributed by atoms with Crippen LogP contribution in [0.15, 0.2) is 54.6 Å². The number of hydrogen-bond donors (Lipinski definition) is 1. The highest BCUT2D eigenvalue weighted by Gasteiger charge is 2.34. The molecule has 2 heterocycles. The summed E-state index contributed by atoms with van der Waals surface area (Å²) in [4.78, 5) is 15.4. The van der Waals surface area contributed by atoms with Crippen LogP contribution < -0.4 is 15.2 Å². The van der Waals surface area contributed by atoms with Crippen LogP contribution in [-0.2, 0) is 6.61 Å². The predicted molar refractivity (Wildman–Crippen MR) is 152 cm³/mol. The van der Waals surface area contributed by atoms with Gasteiger partial charge in [0.05, 0.1) is 18.5 Å². The second kappa shape index (κ2) is 9.57. The lowest BCUT2D eigenvalue weighted by Crippen LogP contribution is -2.43. The molecule has 1 aliphatic rings. The normalized spacial score (nSPS) is 12.4. The number of aromatic nitrogens is 2. The first-order valence-corrected chi connectivity index (χ1v) is 12.8. The van der Waals surface area contributed by atoms with Gasteiger partial charge in [0.2, 0.25) is 0 Å². The van der Waals surface area contributed by atoms with Gasteiger partial charge in [0.15, 0.2) is 5.69 Å². The van der Waals surface area contributed by atoms with Crippen LogP contribution in [0.2, 0.25) is 10.0 Å². The highest BCUT2D eigenvalue weighted by molar-refractivity contribution is 6.34. The molecular weight excluding hydrogens is 523 g/mol. The maximum atomic E-state index is 13.7. The van der Waals surface area contributed by atoms with Gasteiger partial charge in [-0.2, -0.15) is 5.10 Å². The fourth-order valence-electron chi connectivity index (χ4n) is 4.46. The van der Waals surface area contributed by atoms with Crippen molar-refractivity contribution in [2.45, 2.75) is 32.9 Å². The Hall–Kier alpha value is -3.68. The molecule has 0 bridgehead atoms. The maximum absolute atomic E-state index is 13.7. The van der Waals surface area contributed by atoms with E-state index in [1.165, 1.54) is 0 Å². The zero-order valence-electron chi connectivity index (χ0n) is 21.8. The van der Waals surface area contributed by atoms with E-state index in [0.29, 0.717) is 44.2 Å². The average Bonchev–Trinajstić information content (AvgIpc) is 3.26. The SMILES string of the molecule is COc1cc2c(cc1-c1cccc(N)c1)-c1c(c(C(=O)N(C)C(C)(C)C)nn1-c1cc(Cl)cc(Cl)c1)CO2. The van der Waals surface area contributed by atoms with Crippen LogP contribution in [0, 0.1) is 0 Å². The second-order valence-corrected chi connectivity index (χ2v) is 11.1. The molecule has 0 spiro atoms. The van der Waals surface area contributed by atoms with Gasteiger partial charge in [0, 0.05) is 51.1 Å². The molecule has 1 amide bonds. The van der Waals surface area contributed by atoms with Crippen molar-refractivity contribution in [2.75, 3.05) is 19.9 Å². The molecule has 7 nitrogen and oxygen atoms in total. The molecule has 3 aromatic carbocycles. The van der Waals surface area contributed by atoms with Crippen molar-refractivity contribution in [1.29, 1.82) is 0 Å². The fraction of sp³-hybridized carbons (Fsp3) is 0.241. The number of carbonyl (C=O) groups excluding carboxylic acids is 1. The Morgan fingerprint density at radius 2 is 1.79 bits per heavy atom. The monoisotopic (exact) mass is 550 g/mol. The van der Waals surface area contributed by atoms with Crippen molar-refractivity contribution in [3.8, 4) is 39.6 Å². The number of hydrogen-bond acceptors (Lipinski definition) is 5. The van der Waals surface area contributed by atoms with Crippen LogP contribution in [0.25, 0.3) is 28.1 Å². The van der Waals surface area contributed by atoms with Crippen LogP contribution >= 0.6 is 23.2 Å². The highest BCUT2D eigenvalue weighted by atomic mass is 35.5. The van der Waals surface area contributed by atoms with Gasteiger partial charge in [-0.15, -0.1) is 0 Å². The van der Waals surface area contributed by atoms with Gasteiger partial charge in [-0.1, -0.05) is 35.3 Å². The van der Waals surface area contributed by atoms with E-state index in [9.17, 15) is 4.79 Å². The standard InChI is InChI=1S/C29H28Cl2N4O3/c1-29(2,3)34(4)28(36)26-23-15-38-25-14-24(37-5)21(16-7-6-8-19(32)9-16)13-22(25)27(23)35(33-26)20-11-17(30)10-18(31)12-20/h6-14H,15,32H2,1-5H3. The average molecular weight is 551 g/mol. The third-order valence-electron chi connectivity index (χ3n) is 6.72. The summed E-state index contributed by atoms with van der Waals surface area (Å²) in [7, 11) is 3.38. The smallest absolute Gasteiger partial charge is 0.274 e. The molecule has 4 aromatic rings. The number of nitrogens with two attached hydrogens (primary N) is 1. The summed E-state index contributed by atoms with van der Waals surface area (Å²) in [5, 5.41) is 5.73. The van der Waals surface area contributed by atoms with Crippen LogP contribution in [-0.4, -0.2) is 40.3 Å². The number of nitrogen functional groups attached to an aromatic ring is 1. The number of methoxy groups -OCH3 is 1. The number of carbonyl (C=O) groups is 1. The van der Waals surface area contributed by atoms with Crippen molar-refractivity contribution < 1.29 is 14.3 Å². The summed E-state index contributed by atoms with van der Waals surface area (Å²) in [5.41, 5.74) is 11.1. The van der Waals surface area contributed by atoms with Gasteiger partial charge in [-0.25, -0.2) is 4.68 Å². The minimum Gasteiger partial charge on any atom is -0.496 e. The summed E-state index contributed by atoms with van der Waals surface area (Å²) >= 11 is 12.7. The molecule has 1 aromatic heterocycles. The fourth-order valence-corrected chi connectivity index (χ4v) is 4.98. The Bertz CT molecular complexity index is 1550. The summed E-state index contributed by atoms with van der Waals surface area (Å²) in [6, 6.07) is 16.6. The van der Waals surface area contributed by atoms with Gasteiger partial charge in [-0.3, -0.25) is 4.79 Å². The zero-order valence-corrected chi connectivity index (χ0v) is 23.3. The third-order valence-corrected chi connectivity index (χ3v) is 7.15. The molecule has 0 unspecified atom stereocenters. The highest BCUT2D eigenvalue weighted by Crippen LogP contribution is 2.46. The molecule has 0 fully saturated rings. The van der Waals surface area contributed by atoms with Crippen molar-refractivity contribution >= 4 is 34.8 Å². The van der Waals surface area contributed by atoms with Gasteiger partial charge < -0.3 is 20.1 Å². The van der Waals surface area contributed by atoms with E-state index in [1.807, 2.05) is 57.2 Å². The van der Waals surface area contributed by atoms with Crippen molar-refractivity contribution in [1.82, 2.24) is 14.7 Å². The number of nitrogens with zero attached hydrogens (tertiary/aromatic N) is 3. The molecule has 0 radical (unpaired) electrons. The first-order chi connectivity index (χ1) is 18.0. The first-order valence-electron chi connectivity index (χ1n) is 12.1. The van der Waals surface area contributed by atoms with Crippen molar-refractivity contribution in [3.63, 3.8) is 0 Å². The molecule has 0 aliphatic carbocycles. The summed E-state index contributed by atoms with van der Waals surface area (Å²) < 4.78 is 13.6. The molecule has 0 saturated carbocycles. The molecule has 1 aliphatic heterocycles. The number of fused-ring (bicyclic) bond motifs is 3. The Morgan fingerprint density at radius 3 is 2.42 bits per heavy atom. The minimum atomic E-state index is -0.408. The molecule has 38 heavy (non-hydrogen) atoms. The number of rotatable bonds is 4. The molecule has 9 heteroatoms. The number of amides is 1. The molecule has 5 rings (SSSR count). The van der Waals surface area contributed by atoms with Crippen LogP contribution in [0.5, 0.6) is 11.5 Å². The van der Waals surface area contributed by atoms with Crippen molar-refractivity contribution in [3.05, 3.63) is 75.9 Å². The zero-order chi connectivity index (χ0) is 27.4. The Balaban J connectivity index is 1.80. The maximum Gasteiger partial charge on any atom is 0.274 e. The van der Waals surface area contributed by atoms with Crippen LogP contribution in [0.3, 0.4) is 0 Å². The molecular formula is C29H28Cl2N4O3. The summed E-state index contributed by atoms with van der Waals surface area (Å²) in [6.45, 7) is 6.08. The van der Waals surface area contributed by atoms with Crippen molar-refractivity contribution in [2.24, 2.45) is 0 Å². The molecule has 2 N–H and O–H groups in total. The largest absolute Gasteiger partial charge is 0.496 e. The van der Waals surface area contributed by atoms with Crippen LogP contribution in [0.1, 0.15) is 36.8 Å². The number of halogens is 2. The Labute approximate surface area is 231 Å². The van der Waals surface area contributed by atoms with E-state index in [4.69, 9.17) is 43.5 Å². The number of benzene rings is 3. The van der Waals surface area contributed by atoms with E-state index >= 15 is 0 Å². The number of ether oxygens (including phenoxy) is 2. The lowest BCUT2D eigenvalue weighted by atomic mass is 9.95. The molecule has 0 atom stereocenters. The van der Waals surface area contributed by atoms with E-state index in [-0.39, 0.29) is 12.5 Å². The second-order valence-electron chi connectivity index (χ2n) is 10.2. The Morgan fingerprint density at radius 1 is 1.08 bits per heavy atom. The summed E-state index contributed by atoms with van der Waals surface area (Å²) in [6.07, 6.45) is 0. The van der Waals surface area contributed by atoms with Gasteiger partial charge in [0.25, 0.3) is 5.91 Å². The van der Waals surface area contributed by atoms with E-state index in [0.717, 1.165) is 22.4 Å². The quantitative estimate of drug-likeness (QED) is 0.280. The van der Waals surface area contributed by atoms with E-state index in [2.05, 4.69) is 0 Å². The van der Waals surface area contributed by atoms with Gasteiger partial charge >= 0.3 is 0 Å².